The lowest BCUT2D eigenvalue weighted by molar-refractivity contribution is -0.139. The lowest BCUT2D eigenvalue weighted by Crippen LogP contribution is -2.12. The molecule has 196 valence electrons. The average Bonchev–Trinajstić information content (AvgIpc) is 2.79. The zero-order valence-electron chi connectivity index (χ0n) is 20.2. The van der Waals surface area contributed by atoms with Crippen LogP contribution in [0.4, 0.5) is 49.1 Å². The fourth-order valence-electron chi connectivity index (χ4n) is 3.93. The highest BCUT2D eigenvalue weighted by Crippen LogP contribution is 2.43. The van der Waals surface area contributed by atoms with E-state index in [9.17, 15) is 26.3 Å². The molecule has 10 heteroatoms. The lowest BCUT2D eigenvalue weighted by atomic mass is 9.94. The Kier molecular flexibility index (Phi) is 8.77. The molecule has 3 aromatic carbocycles. The van der Waals surface area contributed by atoms with Gasteiger partial charge in [0, 0.05) is 22.7 Å². The van der Waals surface area contributed by atoms with Crippen molar-refractivity contribution in [3.8, 4) is 11.1 Å². The molecule has 0 aliphatic rings. The summed E-state index contributed by atoms with van der Waals surface area (Å²) in [5.41, 5.74) is 24.0. The van der Waals surface area contributed by atoms with Crippen LogP contribution in [0, 0.1) is 0 Å². The molecule has 3 aromatic rings. The van der Waals surface area contributed by atoms with Crippen LogP contribution in [0.25, 0.3) is 11.1 Å². The molecule has 0 unspecified atom stereocenters. The van der Waals surface area contributed by atoms with Crippen molar-refractivity contribution in [3.05, 3.63) is 70.3 Å². The van der Waals surface area contributed by atoms with E-state index in [4.69, 9.17) is 22.9 Å². The van der Waals surface area contributed by atoms with Gasteiger partial charge in [0.15, 0.2) is 0 Å². The van der Waals surface area contributed by atoms with E-state index in [1.165, 1.54) is 11.1 Å². The molecule has 0 aromatic heterocycles. The van der Waals surface area contributed by atoms with Gasteiger partial charge in [-0.05, 0) is 71.3 Å². The smallest absolute Gasteiger partial charge is 0.399 e. The molecule has 0 atom stereocenters. The van der Waals surface area contributed by atoms with E-state index in [1.807, 2.05) is 0 Å². The van der Waals surface area contributed by atoms with Gasteiger partial charge in [-0.2, -0.15) is 26.3 Å². The minimum atomic E-state index is -4.84. The number of hydrogen-bond acceptors (Lipinski definition) is 4. The largest absolute Gasteiger partial charge is 0.417 e. The summed E-state index contributed by atoms with van der Waals surface area (Å²) in [5.74, 6) is 0. The van der Waals surface area contributed by atoms with Crippen molar-refractivity contribution in [3.63, 3.8) is 0 Å². The number of hydrogen-bond donors (Lipinski definition) is 4. The van der Waals surface area contributed by atoms with Gasteiger partial charge >= 0.3 is 12.4 Å². The second kappa shape index (κ2) is 11.0. The zero-order valence-corrected chi connectivity index (χ0v) is 20.2. The molecule has 0 spiro atoms. The van der Waals surface area contributed by atoms with Crippen LogP contribution >= 0.6 is 0 Å². The van der Waals surface area contributed by atoms with Gasteiger partial charge in [-0.15, -0.1) is 0 Å². The number of nitrogen functional groups attached to an aromatic ring is 4. The van der Waals surface area contributed by atoms with Gasteiger partial charge < -0.3 is 22.9 Å². The molecule has 3 rings (SSSR count). The summed E-state index contributed by atoms with van der Waals surface area (Å²) >= 11 is 0. The molecule has 0 radical (unpaired) electrons. The van der Waals surface area contributed by atoms with Gasteiger partial charge in [-0.3, -0.25) is 0 Å². The monoisotopic (exact) mass is 512 g/mol. The van der Waals surface area contributed by atoms with Gasteiger partial charge in [-0.1, -0.05) is 39.0 Å². The van der Waals surface area contributed by atoms with Crippen molar-refractivity contribution >= 4 is 22.7 Å². The van der Waals surface area contributed by atoms with Gasteiger partial charge in [-0.25, -0.2) is 0 Å². The molecular weight excluding hydrogens is 482 g/mol. The Morgan fingerprint density at radius 3 is 1.19 bits per heavy atom. The Bertz CT molecular complexity index is 1130. The molecule has 36 heavy (non-hydrogen) atoms. The molecule has 0 bridgehead atoms. The molecule has 0 aliphatic heterocycles. The van der Waals surface area contributed by atoms with E-state index < -0.39 is 34.6 Å². The van der Waals surface area contributed by atoms with E-state index in [0.717, 1.165) is 60.5 Å². The van der Waals surface area contributed by atoms with E-state index in [0.29, 0.717) is 12.1 Å². The summed E-state index contributed by atoms with van der Waals surface area (Å²) < 4.78 is 78.4. The van der Waals surface area contributed by atoms with Crippen LogP contribution in [0.5, 0.6) is 0 Å². The van der Waals surface area contributed by atoms with Gasteiger partial charge in [0.25, 0.3) is 0 Å². The fraction of sp³-hybridized carbons (Fsp3) is 0.308. The summed E-state index contributed by atoms with van der Waals surface area (Å²) in [7, 11) is 0. The third-order valence-corrected chi connectivity index (χ3v) is 5.79. The second-order valence-electron chi connectivity index (χ2n) is 8.17. The number of alkyl halides is 6. The van der Waals surface area contributed by atoms with Gasteiger partial charge in [0.1, 0.15) is 0 Å². The third kappa shape index (κ3) is 6.35. The Labute approximate surface area is 206 Å². The SMILES string of the molecule is CCc1cc(CC)c(N)c(CC)c1N.Nc1ccc(-c2ccc(N)cc2C(F)(F)F)c(C(F)(F)F)c1. The number of benzene rings is 3. The van der Waals surface area contributed by atoms with Crippen molar-refractivity contribution < 1.29 is 26.3 Å². The van der Waals surface area contributed by atoms with Crippen LogP contribution < -0.4 is 22.9 Å². The first kappa shape index (κ1) is 28.7. The summed E-state index contributed by atoms with van der Waals surface area (Å²) in [4.78, 5) is 0. The minimum absolute atomic E-state index is 0.194. The maximum Gasteiger partial charge on any atom is 0.417 e. The number of anilines is 4. The van der Waals surface area contributed by atoms with E-state index in [1.54, 1.807) is 0 Å². The highest BCUT2D eigenvalue weighted by Gasteiger charge is 2.38. The molecule has 0 saturated carbocycles. The number of rotatable bonds is 4. The van der Waals surface area contributed by atoms with E-state index in [2.05, 4.69) is 26.8 Å². The molecule has 8 N–H and O–H groups in total. The average molecular weight is 513 g/mol. The van der Waals surface area contributed by atoms with Crippen LogP contribution in [-0.2, 0) is 31.6 Å². The van der Waals surface area contributed by atoms with Crippen molar-refractivity contribution in [1.82, 2.24) is 0 Å². The van der Waals surface area contributed by atoms with Crippen LogP contribution in [0.2, 0.25) is 0 Å². The normalized spacial score (nSPS) is 11.7. The Morgan fingerprint density at radius 2 is 0.917 bits per heavy atom. The standard InChI is InChI=1S/C14H10F6N2.C12H20N2/c15-13(16,17)11-5-7(21)1-3-9(11)10-4-2-8(22)6-12(10)14(18,19)20;1-4-8-7-9(5-2)12(14)10(6-3)11(8)13/h1-6H,21-22H2;7H,4-6,13-14H2,1-3H3. The number of aryl methyl sites for hydroxylation is 2. The Balaban J connectivity index is 0.000000281. The quantitative estimate of drug-likeness (QED) is 0.221. The van der Waals surface area contributed by atoms with Crippen molar-refractivity contribution in [1.29, 1.82) is 0 Å². The predicted molar refractivity (Wildman–Crippen MR) is 134 cm³/mol. The molecule has 0 fully saturated rings. The van der Waals surface area contributed by atoms with Gasteiger partial charge in [0.2, 0.25) is 0 Å². The van der Waals surface area contributed by atoms with Crippen molar-refractivity contribution in [2.75, 3.05) is 22.9 Å². The number of halogens is 6. The number of nitrogens with two attached hydrogens (primary N) is 4. The van der Waals surface area contributed by atoms with Crippen LogP contribution in [0.1, 0.15) is 48.6 Å². The topological polar surface area (TPSA) is 104 Å². The summed E-state index contributed by atoms with van der Waals surface area (Å²) in [6, 6.07) is 7.40. The molecule has 0 saturated heterocycles. The van der Waals surface area contributed by atoms with Crippen molar-refractivity contribution in [2.24, 2.45) is 0 Å². The van der Waals surface area contributed by atoms with E-state index >= 15 is 0 Å². The maximum absolute atomic E-state index is 13.1. The van der Waals surface area contributed by atoms with Gasteiger partial charge in [0.05, 0.1) is 11.1 Å². The first-order valence-electron chi connectivity index (χ1n) is 11.3. The lowest BCUT2D eigenvalue weighted by Gasteiger charge is -2.18. The van der Waals surface area contributed by atoms with Crippen molar-refractivity contribution in [2.45, 2.75) is 52.4 Å². The first-order chi connectivity index (χ1) is 16.6. The maximum atomic E-state index is 13.1. The molecule has 0 heterocycles. The summed E-state index contributed by atoms with van der Waals surface area (Å²) in [5, 5.41) is 0. The third-order valence-electron chi connectivity index (χ3n) is 5.79. The van der Waals surface area contributed by atoms with E-state index in [-0.39, 0.29) is 11.4 Å². The minimum Gasteiger partial charge on any atom is -0.399 e. The van der Waals surface area contributed by atoms with Crippen LogP contribution in [0.3, 0.4) is 0 Å². The summed E-state index contributed by atoms with van der Waals surface area (Å²) in [6.07, 6.45) is -6.80. The molecular formula is C26H30F6N4. The molecule has 0 amide bonds. The summed E-state index contributed by atoms with van der Waals surface area (Å²) in [6.45, 7) is 6.35. The molecule has 0 aliphatic carbocycles. The molecule has 4 nitrogen and oxygen atoms in total. The highest BCUT2D eigenvalue weighted by atomic mass is 19.4. The van der Waals surface area contributed by atoms with Crippen LogP contribution in [-0.4, -0.2) is 0 Å². The fourth-order valence-corrected chi connectivity index (χ4v) is 3.93. The predicted octanol–water partition coefficient (Wildman–Crippen LogP) is 7.09. The first-order valence-corrected chi connectivity index (χ1v) is 11.3. The Hall–Kier alpha value is -3.56. The van der Waals surface area contributed by atoms with Crippen LogP contribution in [0.15, 0.2) is 42.5 Å². The Morgan fingerprint density at radius 1 is 0.556 bits per heavy atom. The highest BCUT2D eigenvalue weighted by molar-refractivity contribution is 5.75. The zero-order chi connectivity index (χ0) is 27.4. The second-order valence-corrected chi connectivity index (χ2v) is 8.17.